The lowest BCUT2D eigenvalue weighted by atomic mass is 9.68. The summed E-state index contributed by atoms with van der Waals surface area (Å²) in [7, 11) is 0. The van der Waals surface area contributed by atoms with Gasteiger partial charge in [0, 0.05) is 0 Å². The lowest BCUT2D eigenvalue weighted by Gasteiger charge is -2.44. The van der Waals surface area contributed by atoms with Crippen molar-refractivity contribution < 1.29 is 40.9 Å². The van der Waals surface area contributed by atoms with E-state index in [-0.39, 0.29) is 0 Å². The second kappa shape index (κ2) is 7.97. The van der Waals surface area contributed by atoms with Crippen molar-refractivity contribution in [2.24, 2.45) is 5.41 Å². The number of rotatable bonds is 9. The largest absolute Gasteiger partial charge is 0.394 e. The second-order valence-corrected chi connectivity index (χ2v) is 4.25. The molecule has 0 aliphatic carbocycles. The van der Waals surface area contributed by atoms with Crippen molar-refractivity contribution in [1.29, 1.82) is 0 Å². The highest BCUT2D eigenvalue weighted by Gasteiger charge is 2.50. The first-order valence-electron chi connectivity index (χ1n) is 5.56. The Kier molecular flexibility index (Phi) is 7.83. The minimum absolute atomic E-state index is 0.505. The first-order valence-corrected chi connectivity index (χ1v) is 5.56. The van der Waals surface area contributed by atoms with Crippen molar-refractivity contribution in [3.8, 4) is 0 Å². The van der Waals surface area contributed by atoms with Gasteiger partial charge in [-0.1, -0.05) is 0 Å². The summed E-state index contributed by atoms with van der Waals surface area (Å²) in [6.45, 7) is -3.26. The highest BCUT2D eigenvalue weighted by atomic mass is 16.4. The quantitative estimate of drug-likeness (QED) is 0.209. The Balaban J connectivity index is 5.39. The maximum Gasteiger partial charge on any atom is 0.0879 e. The van der Waals surface area contributed by atoms with Crippen molar-refractivity contribution in [1.82, 2.24) is 0 Å². The second-order valence-electron chi connectivity index (χ2n) is 4.25. The molecule has 0 aromatic rings. The lowest BCUT2D eigenvalue weighted by Crippen LogP contribution is -2.58. The Morgan fingerprint density at radius 3 is 1.17 bits per heavy atom. The highest BCUT2D eigenvalue weighted by Crippen LogP contribution is 2.36. The van der Waals surface area contributed by atoms with Gasteiger partial charge in [0.2, 0.25) is 0 Å². The van der Waals surface area contributed by atoms with Gasteiger partial charge in [0.15, 0.2) is 0 Å². The fourth-order valence-corrected chi connectivity index (χ4v) is 2.06. The van der Waals surface area contributed by atoms with Crippen LogP contribution in [0.25, 0.3) is 0 Å². The van der Waals surface area contributed by atoms with Crippen LogP contribution in [-0.2, 0) is 0 Å². The van der Waals surface area contributed by atoms with Crippen LogP contribution in [0.5, 0.6) is 0 Å². The summed E-state index contributed by atoms with van der Waals surface area (Å²) in [6, 6.07) is 0. The predicted molar refractivity (Wildman–Crippen MR) is 59.4 cm³/mol. The zero-order valence-electron chi connectivity index (χ0n) is 9.92. The van der Waals surface area contributed by atoms with Crippen molar-refractivity contribution in [3.05, 3.63) is 0 Å². The van der Waals surface area contributed by atoms with E-state index >= 15 is 0 Å². The van der Waals surface area contributed by atoms with Gasteiger partial charge < -0.3 is 40.9 Å². The first-order chi connectivity index (χ1) is 8.40. The molecular formula is C10H22O8. The van der Waals surface area contributed by atoms with Crippen LogP contribution in [-0.4, -0.2) is 91.7 Å². The molecule has 0 radical (unpaired) electrons. The van der Waals surface area contributed by atoms with Crippen LogP contribution in [0.2, 0.25) is 0 Å². The van der Waals surface area contributed by atoms with E-state index < -0.39 is 62.7 Å². The molecule has 110 valence electrons. The number of hydrogen-bond donors (Lipinski definition) is 8. The molecule has 0 saturated heterocycles. The molecule has 0 spiro atoms. The standard InChI is InChI=1S/C10H22O8/c11-2-6(15)1-10(7(16)3-12,8(17)4-13)9(18)5-14/h6-9,11-18H,1-5H2. The molecule has 0 fully saturated rings. The zero-order chi connectivity index (χ0) is 14.3. The molecule has 0 heterocycles. The Bertz CT molecular complexity index is 197. The van der Waals surface area contributed by atoms with Crippen LogP contribution in [0.15, 0.2) is 0 Å². The van der Waals surface area contributed by atoms with Crippen molar-refractivity contribution in [2.75, 3.05) is 26.4 Å². The van der Waals surface area contributed by atoms with Crippen LogP contribution >= 0.6 is 0 Å². The average molecular weight is 270 g/mol. The Hall–Kier alpha value is -0.320. The lowest BCUT2D eigenvalue weighted by molar-refractivity contribution is -0.186. The summed E-state index contributed by atoms with van der Waals surface area (Å²) in [5, 5.41) is 74.3. The van der Waals surface area contributed by atoms with E-state index in [1.54, 1.807) is 0 Å². The molecule has 0 aliphatic rings. The van der Waals surface area contributed by atoms with Gasteiger partial charge in [0.05, 0.1) is 56.3 Å². The first kappa shape index (κ1) is 17.7. The van der Waals surface area contributed by atoms with Gasteiger partial charge in [0.1, 0.15) is 0 Å². The third kappa shape index (κ3) is 3.59. The number of aliphatic hydroxyl groups excluding tert-OH is 8. The fraction of sp³-hybridized carbons (Fsp3) is 1.00. The predicted octanol–water partition coefficient (Wildman–Crippen LogP) is -4.22. The monoisotopic (exact) mass is 270 g/mol. The van der Waals surface area contributed by atoms with Crippen LogP contribution in [0, 0.1) is 5.41 Å². The van der Waals surface area contributed by atoms with E-state index in [1.807, 2.05) is 0 Å². The molecule has 0 amide bonds. The van der Waals surface area contributed by atoms with Gasteiger partial charge in [0.25, 0.3) is 0 Å². The molecule has 4 unspecified atom stereocenters. The molecule has 18 heavy (non-hydrogen) atoms. The van der Waals surface area contributed by atoms with E-state index in [9.17, 15) is 20.4 Å². The van der Waals surface area contributed by atoms with Gasteiger partial charge in [-0.05, 0) is 6.42 Å². The summed E-state index contributed by atoms with van der Waals surface area (Å²) in [4.78, 5) is 0. The molecule has 8 nitrogen and oxygen atoms in total. The highest BCUT2D eigenvalue weighted by molar-refractivity contribution is 4.99. The molecule has 4 atom stereocenters. The Labute approximate surface area is 104 Å². The van der Waals surface area contributed by atoms with Gasteiger partial charge in [-0.15, -0.1) is 0 Å². The fourth-order valence-electron chi connectivity index (χ4n) is 2.06. The third-order valence-corrected chi connectivity index (χ3v) is 3.18. The summed E-state index contributed by atoms with van der Waals surface area (Å²) in [5.74, 6) is 0. The molecule has 0 aromatic heterocycles. The van der Waals surface area contributed by atoms with Crippen molar-refractivity contribution in [2.45, 2.75) is 30.8 Å². The zero-order valence-corrected chi connectivity index (χ0v) is 9.92. The summed E-state index contributed by atoms with van der Waals surface area (Å²) in [6.07, 6.45) is -6.98. The molecule has 0 aliphatic heterocycles. The van der Waals surface area contributed by atoms with Crippen LogP contribution in [0.1, 0.15) is 6.42 Å². The summed E-state index contributed by atoms with van der Waals surface area (Å²) < 4.78 is 0. The normalized spacial score (nSPS) is 22.0. The maximum absolute atomic E-state index is 9.73. The smallest absolute Gasteiger partial charge is 0.0879 e. The van der Waals surface area contributed by atoms with Crippen LogP contribution in [0.4, 0.5) is 0 Å². The van der Waals surface area contributed by atoms with Gasteiger partial charge in [-0.3, -0.25) is 0 Å². The van der Waals surface area contributed by atoms with E-state index in [0.29, 0.717) is 0 Å². The maximum atomic E-state index is 9.73. The van der Waals surface area contributed by atoms with Crippen molar-refractivity contribution >= 4 is 0 Å². The van der Waals surface area contributed by atoms with E-state index in [1.165, 1.54) is 0 Å². The van der Waals surface area contributed by atoms with E-state index in [2.05, 4.69) is 0 Å². The molecule has 0 saturated carbocycles. The average Bonchev–Trinajstić information content (AvgIpc) is 2.41. The molecule has 0 bridgehead atoms. The third-order valence-electron chi connectivity index (χ3n) is 3.18. The summed E-state index contributed by atoms with van der Waals surface area (Å²) >= 11 is 0. The molecule has 0 aromatic carbocycles. The molecule has 0 rings (SSSR count). The Morgan fingerprint density at radius 2 is 0.944 bits per heavy atom. The van der Waals surface area contributed by atoms with Gasteiger partial charge in [-0.25, -0.2) is 0 Å². The molecule has 8 N–H and O–H groups in total. The van der Waals surface area contributed by atoms with Gasteiger partial charge >= 0.3 is 0 Å². The molecular weight excluding hydrogens is 248 g/mol. The number of hydrogen-bond acceptors (Lipinski definition) is 8. The minimum atomic E-state index is -1.94. The topological polar surface area (TPSA) is 162 Å². The van der Waals surface area contributed by atoms with Gasteiger partial charge in [-0.2, -0.15) is 0 Å². The van der Waals surface area contributed by atoms with Crippen molar-refractivity contribution in [3.63, 3.8) is 0 Å². The van der Waals surface area contributed by atoms with Crippen LogP contribution in [0.3, 0.4) is 0 Å². The number of aliphatic hydroxyl groups is 8. The van der Waals surface area contributed by atoms with E-state index in [4.69, 9.17) is 20.4 Å². The molecule has 8 heteroatoms. The minimum Gasteiger partial charge on any atom is -0.394 e. The van der Waals surface area contributed by atoms with Crippen LogP contribution < -0.4 is 0 Å². The Morgan fingerprint density at radius 1 is 0.611 bits per heavy atom. The summed E-state index contributed by atoms with van der Waals surface area (Å²) in [5.41, 5.74) is -1.94. The van der Waals surface area contributed by atoms with E-state index in [0.717, 1.165) is 0 Å². The SMILES string of the molecule is OCC(O)CC(C(O)CO)(C(O)CO)C(O)CO.